The Balaban J connectivity index is 2.60. The molecule has 8 heteroatoms. The third-order valence-electron chi connectivity index (χ3n) is 4.11. The molecule has 1 nitrogen and oxygen atoms in total. The zero-order chi connectivity index (χ0) is 19.9. The lowest BCUT2D eigenvalue weighted by Crippen LogP contribution is -2.26. The van der Waals surface area contributed by atoms with Crippen molar-refractivity contribution in [3.05, 3.63) is 70.3 Å². The molecule has 0 heterocycles. The lowest BCUT2D eigenvalue weighted by atomic mass is 9.83. The van der Waals surface area contributed by atoms with Gasteiger partial charge in [-0.05, 0) is 54.8 Å². The van der Waals surface area contributed by atoms with Gasteiger partial charge in [0.05, 0.1) is 11.1 Å². The highest BCUT2D eigenvalue weighted by Crippen LogP contribution is 2.41. The van der Waals surface area contributed by atoms with Gasteiger partial charge in [-0.25, -0.2) is 0 Å². The molecule has 0 spiro atoms. The van der Waals surface area contributed by atoms with Crippen molar-refractivity contribution in [2.24, 2.45) is 0 Å². The average Bonchev–Trinajstić information content (AvgIpc) is 2.52. The van der Waals surface area contributed by atoms with Gasteiger partial charge in [-0.15, -0.1) is 0 Å². The number of halogens is 7. The van der Waals surface area contributed by atoms with E-state index in [1.165, 1.54) is 13.0 Å². The topological polar surface area (TPSA) is 20.2 Å². The lowest BCUT2D eigenvalue weighted by Gasteiger charge is -2.29. The van der Waals surface area contributed by atoms with Crippen LogP contribution in [0.4, 0.5) is 26.3 Å². The molecule has 2 aromatic carbocycles. The normalized spacial score (nSPS) is 16.2. The highest BCUT2D eigenvalue weighted by molar-refractivity contribution is 9.09. The summed E-state index contributed by atoms with van der Waals surface area (Å²) in [5.41, 5.74) is -3.34. The molecule has 2 atom stereocenters. The molecule has 2 rings (SSSR count). The van der Waals surface area contributed by atoms with Gasteiger partial charge in [-0.2, -0.15) is 26.3 Å². The molecule has 26 heavy (non-hydrogen) atoms. The van der Waals surface area contributed by atoms with Gasteiger partial charge in [0.15, 0.2) is 0 Å². The Labute approximate surface area is 154 Å². The van der Waals surface area contributed by atoms with Gasteiger partial charge in [0, 0.05) is 4.83 Å². The van der Waals surface area contributed by atoms with Crippen LogP contribution >= 0.6 is 15.9 Å². The number of benzene rings is 2. The third-order valence-corrected chi connectivity index (χ3v) is 4.60. The fourth-order valence-electron chi connectivity index (χ4n) is 2.64. The van der Waals surface area contributed by atoms with Crippen LogP contribution in [0.1, 0.15) is 46.5 Å². The van der Waals surface area contributed by atoms with Gasteiger partial charge < -0.3 is 5.11 Å². The molecule has 2 unspecified atom stereocenters. The first-order valence-electron chi connectivity index (χ1n) is 7.50. The SMILES string of the molecule is CC(Br)c1ccc(C(F)(F)F)cc1C(C)(O)c1ccc(C(F)(F)F)cc1. The van der Waals surface area contributed by atoms with Crippen LogP contribution in [0.3, 0.4) is 0 Å². The van der Waals surface area contributed by atoms with Crippen molar-refractivity contribution in [2.45, 2.75) is 36.6 Å². The smallest absolute Gasteiger partial charge is 0.381 e. The van der Waals surface area contributed by atoms with Crippen LogP contribution in [0.2, 0.25) is 0 Å². The standard InChI is InChI=1S/C18H15BrF6O/c1-10(19)14-8-7-13(18(23,24)25)9-15(14)16(2,26)11-3-5-12(6-4-11)17(20,21)22/h3-10,26H,1-2H3. The molecule has 0 aromatic heterocycles. The highest BCUT2D eigenvalue weighted by atomic mass is 79.9. The van der Waals surface area contributed by atoms with Gasteiger partial charge in [0.1, 0.15) is 5.60 Å². The lowest BCUT2D eigenvalue weighted by molar-refractivity contribution is -0.138. The monoisotopic (exact) mass is 440 g/mol. The average molecular weight is 441 g/mol. The Morgan fingerprint density at radius 2 is 1.23 bits per heavy atom. The van der Waals surface area contributed by atoms with Crippen LogP contribution in [-0.4, -0.2) is 5.11 Å². The van der Waals surface area contributed by atoms with E-state index in [1.54, 1.807) is 6.92 Å². The van der Waals surface area contributed by atoms with Crippen molar-refractivity contribution in [2.75, 3.05) is 0 Å². The Morgan fingerprint density at radius 3 is 1.65 bits per heavy atom. The first kappa shape index (κ1) is 20.8. The van der Waals surface area contributed by atoms with Crippen molar-refractivity contribution >= 4 is 15.9 Å². The molecule has 2 aromatic rings. The Hall–Kier alpha value is -1.54. The molecule has 0 aliphatic heterocycles. The van der Waals surface area contributed by atoms with Crippen molar-refractivity contribution in [1.82, 2.24) is 0 Å². The molecule has 1 N–H and O–H groups in total. The minimum absolute atomic E-state index is 0.0311. The van der Waals surface area contributed by atoms with Gasteiger partial charge >= 0.3 is 12.4 Å². The number of rotatable bonds is 3. The largest absolute Gasteiger partial charge is 0.416 e. The van der Waals surface area contributed by atoms with E-state index >= 15 is 0 Å². The van der Waals surface area contributed by atoms with Crippen LogP contribution in [0.25, 0.3) is 0 Å². The number of aliphatic hydroxyl groups is 1. The molecule has 0 saturated carbocycles. The summed E-state index contributed by atoms with van der Waals surface area (Å²) in [5.74, 6) is 0. The van der Waals surface area contributed by atoms with E-state index in [1.807, 2.05) is 0 Å². The van der Waals surface area contributed by atoms with E-state index in [-0.39, 0.29) is 16.0 Å². The molecule has 0 amide bonds. The maximum absolute atomic E-state index is 13.1. The molecule has 0 radical (unpaired) electrons. The summed E-state index contributed by atoms with van der Waals surface area (Å²) in [6, 6.07) is 6.67. The van der Waals surface area contributed by atoms with Crippen molar-refractivity contribution < 1.29 is 31.4 Å². The van der Waals surface area contributed by atoms with Crippen LogP contribution in [0.15, 0.2) is 42.5 Å². The van der Waals surface area contributed by atoms with E-state index in [0.717, 1.165) is 36.4 Å². The molecular formula is C18H15BrF6O. The van der Waals surface area contributed by atoms with Crippen molar-refractivity contribution in [3.8, 4) is 0 Å². The molecule has 0 fully saturated rings. The van der Waals surface area contributed by atoms with E-state index in [4.69, 9.17) is 0 Å². The quantitative estimate of drug-likeness (QED) is 0.430. The molecule has 0 aliphatic rings. The number of hydrogen-bond donors (Lipinski definition) is 1. The number of alkyl halides is 7. The first-order chi connectivity index (χ1) is 11.7. The van der Waals surface area contributed by atoms with Gasteiger partial charge in [-0.3, -0.25) is 0 Å². The molecule has 142 valence electrons. The zero-order valence-electron chi connectivity index (χ0n) is 13.7. The second kappa shape index (κ2) is 6.88. The van der Waals surface area contributed by atoms with Crippen LogP contribution in [0.5, 0.6) is 0 Å². The maximum Gasteiger partial charge on any atom is 0.416 e. The van der Waals surface area contributed by atoms with E-state index < -0.39 is 29.1 Å². The van der Waals surface area contributed by atoms with E-state index in [9.17, 15) is 31.4 Å². The van der Waals surface area contributed by atoms with Gasteiger partial charge in [0.25, 0.3) is 0 Å². The molecular weight excluding hydrogens is 426 g/mol. The second-order valence-electron chi connectivity index (χ2n) is 6.06. The van der Waals surface area contributed by atoms with Crippen molar-refractivity contribution in [1.29, 1.82) is 0 Å². The predicted octanol–water partition coefficient (Wildman–Crippen LogP) is 6.44. The van der Waals surface area contributed by atoms with Crippen molar-refractivity contribution in [3.63, 3.8) is 0 Å². The van der Waals surface area contributed by atoms with Crippen LogP contribution in [0, 0.1) is 0 Å². The van der Waals surface area contributed by atoms with Crippen LogP contribution < -0.4 is 0 Å². The summed E-state index contributed by atoms with van der Waals surface area (Å²) in [6.45, 7) is 2.93. The summed E-state index contributed by atoms with van der Waals surface area (Å²) in [6.07, 6.45) is -9.16. The highest BCUT2D eigenvalue weighted by Gasteiger charge is 2.36. The summed E-state index contributed by atoms with van der Waals surface area (Å²) >= 11 is 3.27. The molecule has 0 aliphatic carbocycles. The summed E-state index contributed by atoms with van der Waals surface area (Å²) < 4.78 is 77.3. The Bertz CT molecular complexity index is 776. The third kappa shape index (κ3) is 4.23. The number of hydrogen-bond acceptors (Lipinski definition) is 1. The summed E-state index contributed by atoms with van der Waals surface area (Å²) in [7, 11) is 0. The Kier molecular flexibility index (Phi) is 5.50. The van der Waals surface area contributed by atoms with Gasteiger partial charge in [0.2, 0.25) is 0 Å². The zero-order valence-corrected chi connectivity index (χ0v) is 15.3. The molecule has 0 saturated heterocycles. The van der Waals surface area contributed by atoms with Gasteiger partial charge in [-0.1, -0.05) is 34.1 Å². The molecule has 0 bridgehead atoms. The fraction of sp³-hybridized carbons (Fsp3) is 0.333. The maximum atomic E-state index is 13.1. The summed E-state index contributed by atoms with van der Waals surface area (Å²) in [5, 5.41) is 10.9. The first-order valence-corrected chi connectivity index (χ1v) is 8.42. The van der Waals surface area contributed by atoms with E-state index in [2.05, 4.69) is 15.9 Å². The minimum Gasteiger partial charge on any atom is -0.381 e. The predicted molar refractivity (Wildman–Crippen MR) is 88.9 cm³/mol. The summed E-state index contributed by atoms with van der Waals surface area (Å²) in [4.78, 5) is -0.374. The fourth-order valence-corrected chi connectivity index (χ4v) is 3.04. The Morgan fingerprint density at radius 1 is 0.808 bits per heavy atom. The second-order valence-corrected chi connectivity index (χ2v) is 7.44. The minimum atomic E-state index is -4.61. The van der Waals surface area contributed by atoms with E-state index in [0.29, 0.717) is 5.56 Å². The van der Waals surface area contributed by atoms with Crippen LogP contribution in [-0.2, 0) is 18.0 Å².